The molecular weight excluding hydrogens is 266 g/mol. The van der Waals surface area contributed by atoms with Crippen LogP contribution >= 0.6 is 0 Å². The smallest absolute Gasteiger partial charge is 0.251 e. The monoisotopic (exact) mass is 293 g/mol. The van der Waals surface area contributed by atoms with E-state index in [1.165, 1.54) is 0 Å². The Balaban J connectivity index is 2.65. The molecule has 1 amide bonds. The zero-order valence-electron chi connectivity index (χ0n) is 13.4. The van der Waals surface area contributed by atoms with E-state index in [0.29, 0.717) is 18.5 Å². The van der Waals surface area contributed by atoms with E-state index in [1.807, 2.05) is 32.0 Å². The minimum Gasteiger partial charge on any atom is -0.396 e. The minimum atomic E-state index is -0.705. The number of benzene rings is 1. The summed E-state index contributed by atoms with van der Waals surface area (Å²) >= 11 is 0. The maximum atomic E-state index is 12.1. The molecule has 0 heterocycles. The van der Waals surface area contributed by atoms with E-state index in [0.717, 1.165) is 12.0 Å². The molecule has 0 fully saturated rings. The van der Waals surface area contributed by atoms with E-state index >= 15 is 0 Å². The molecule has 0 spiro atoms. The number of nitrogens with one attached hydrogen (secondary N) is 1. The van der Waals surface area contributed by atoms with Gasteiger partial charge in [0.25, 0.3) is 5.91 Å². The van der Waals surface area contributed by atoms with Crippen molar-refractivity contribution >= 4 is 5.91 Å². The number of amides is 1. The fraction of sp³-hybridized carbons (Fsp3) is 0.588. The highest BCUT2D eigenvalue weighted by molar-refractivity contribution is 5.94. The molecule has 1 aromatic rings. The molecule has 0 unspecified atom stereocenters. The molecule has 1 rings (SSSR count). The summed E-state index contributed by atoms with van der Waals surface area (Å²) in [6.45, 7) is 7.80. The van der Waals surface area contributed by atoms with Crippen LogP contribution in [0.25, 0.3) is 0 Å². The molecule has 0 aliphatic rings. The number of hydrogen-bond acceptors (Lipinski definition) is 3. The maximum Gasteiger partial charge on any atom is 0.251 e. The summed E-state index contributed by atoms with van der Waals surface area (Å²) in [5.74, 6) is -0.137. The van der Waals surface area contributed by atoms with Gasteiger partial charge in [0.05, 0.1) is 5.60 Å². The van der Waals surface area contributed by atoms with Gasteiger partial charge in [0.2, 0.25) is 0 Å². The van der Waals surface area contributed by atoms with Crippen LogP contribution in [0.2, 0.25) is 0 Å². The molecule has 0 aromatic heterocycles. The first-order valence-electron chi connectivity index (χ1n) is 7.33. The summed E-state index contributed by atoms with van der Waals surface area (Å²) in [5.41, 5.74) is 0.612. The molecule has 4 nitrogen and oxygen atoms in total. The fourth-order valence-electron chi connectivity index (χ4n) is 1.80. The van der Waals surface area contributed by atoms with Crippen LogP contribution < -0.4 is 5.32 Å². The second kappa shape index (κ2) is 7.05. The summed E-state index contributed by atoms with van der Waals surface area (Å²) in [6.07, 6.45) is 1.38. The van der Waals surface area contributed by atoms with E-state index in [4.69, 9.17) is 0 Å². The van der Waals surface area contributed by atoms with Crippen LogP contribution in [0.3, 0.4) is 0 Å². The Hall–Kier alpha value is -1.39. The second-order valence-electron chi connectivity index (χ2n) is 7.02. The molecule has 0 bridgehead atoms. The van der Waals surface area contributed by atoms with Gasteiger partial charge in [-0.1, -0.05) is 26.0 Å². The third-order valence-electron chi connectivity index (χ3n) is 3.37. The lowest BCUT2D eigenvalue weighted by Crippen LogP contribution is -2.36. The van der Waals surface area contributed by atoms with Gasteiger partial charge in [-0.15, -0.1) is 0 Å². The lowest BCUT2D eigenvalue weighted by atomic mass is 9.94. The van der Waals surface area contributed by atoms with Crippen molar-refractivity contribution in [2.75, 3.05) is 13.2 Å². The fourth-order valence-corrected chi connectivity index (χ4v) is 1.80. The second-order valence-corrected chi connectivity index (χ2v) is 7.02. The molecule has 0 aliphatic heterocycles. The lowest BCUT2D eigenvalue weighted by molar-refractivity contribution is 0.0714. The topological polar surface area (TPSA) is 69.6 Å². The molecule has 4 heteroatoms. The number of rotatable bonds is 7. The Morgan fingerprint density at radius 1 is 1.24 bits per heavy atom. The van der Waals surface area contributed by atoms with Gasteiger partial charge in [-0.25, -0.2) is 0 Å². The van der Waals surface area contributed by atoms with Crippen molar-refractivity contribution in [2.45, 2.75) is 46.1 Å². The highest BCUT2D eigenvalue weighted by Gasteiger charge is 2.18. The van der Waals surface area contributed by atoms with Gasteiger partial charge in [0.15, 0.2) is 0 Å². The van der Waals surface area contributed by atoms with Crippen LogP contribution in [-0.4, -0.2) is 34.9 Å². The molecule has 0 atom stereocenters. The normalized spacial score (nSPS) is 12.3. The summed E-state index contributed by atoms with van der Waals surface area (Å²) in [7, 11) is 0. The van der Waals surface area contributed by atoms with E-state index < -0.39 is 5.60 Å². The van der Waals surface area contributed by atoms with Crippen LogP contribution in [0.5, 0.6) is 0 Å². The van der Waals surface area contributed by atoms with Crippen LogP contribution in [0.4, 0.5) is 0 Å². The van der Waals surface area contributed by atoms with Crippen molar-refractivity contribution in [2.24, 2.45) is 5.41 Å². The van der Waals surface area contributed by atoms with Gasteiger partial charge in [-0.2, -0.15) is 0 Å². The Morgan fingerprint density at radius 2 is 1.90 bits per heavy atom. The Kier molecular flexibility index (Phi) is 5.93. The van der Waals surface area contributed by atoms with E-state index in [-0.39, 0.29) is 17.9 Å². The van der Waals surface area contributed by atoms with Crippen LogP contribution in [0.15, 0.2) is 24.3 Å². The van der Waals surface area contributed by atoms with E-state index in [9.17, 15) is 15.0 Å². The number of hydrogen-bond donors (Lipinski definition) is 3. The number of aliphatic hydroxyl groups excluding tert-OH is 1. The van der Waals surface area contributed by atoms with Crippen molar-refractivity contribution < 1.29 is 15.0 Å². The molecule has 1 aromatic carbocycles. The van der Waals surface area contributed by atoms with Crippen molar-refractivity contribution in [1.82, 2.24) is 5.32 Å². The van der Waals surface area contributed by atoms with Crippen LogP contribution in [-0.2, 0) is 6.42 Å². The Bertz CT molecular complexity index is 475. The number of carbonyl (C=O) groups is 1. The molecule has 0 aliphatic carbocycles. The predicted octanol–water partition coefficient (Wildman–Crippen LogP) is 2.14. The number of aryl methyl sites for hydroxylation is 1. The standard InChI is InChI=1S/C17H27NO3/c1-16(2,12-19)11-18-15(20)14-7-5-6-13(10-14)8-9-17(3,4)21/h5-7,10,19,21H,8-9,11-12H2,1-4H3,(H,18,20). The summed E-state index contributed by atoms with van der Waals surface area (Å²) < 4.78 is 0. The van der Waals surface area contributed by atoms with Crippen molar-refractivity contribution in [1.29, 1.82) is 0 Å². The van der Waals surface area contributed by atoms with Crippen molar-refractivity contribution in [3.8, 4) is 0 Å². The predicted molar refractivity (Wildman–Crippen MR) is 84.3 cm³/mol. The first-order chi connectivity index (χ1) is 9.63. The van der Waals surface area contributed by atoms with Crippen LogP contribution in [0, 0.1) is 5.41 Å². The van der Waals surface area contributed by atoms with Gasteiger partial charge in [0.1, 0.15) is 0 Å². The lowest BCUT2D eigenvalue weighted by Gasteiger charge is -2.22. The molecule has 0 radical (unpaired) electrons. The first kappa shape index (κ1) is 17.7. The zero-order valence-corrected chi connectivity index (χ0v) is 13.4. The molecular formula is C17H27NO3. The molecule has 21 heavy (non-hydrogen) atoms. The van der Waals surface area contributed by atoms with Gasteiger partial charge in [-0.3, -0.25) is 4.79 Å². The van der Waals surface area contributed by atoms with Gasteiger partial charge in [-0.05, 0) is 44.4 Å². The first-order valence-corrected chi connectivity index (χ1v) is 7.33. The van der Waals surface area contributed by atoms with E-state index in [1.54, 1.807) is 19.9 Å². The third kappa shape index (κ3) is 6.74. The summed E-state index contributed by atoms with van der Waals surface area (Å²) in [5, 5.41) is 21.8. The number of carbonyl (C=O) groups excluding carboxylic acids is 1. The highest BCUT2D eigenvalue weighted by atomic mass is 16.3. The van der Waals surface area contributed by atoms with E-state index in [2.05, 4.69) is 5.32 Å². The minimum absolute atomic E-state index is 0.0267. The zero-order chi connectivity index (χ0) is 16.1. The molecule has 0 saturated heterocycles. The van der Waals surface area contributed by atoms with Crippen molar-refractivity contribution in [3.63, 3.8) is 0 Å². The summed E-state index contributed by atoms with van der Waals surface area (Å²) in [6, 6.07) is 7.44. The average molecular weight is 293 g/mol. The van der Waals surface area contributed by atoms with Gasteiger partial charge in [0, 0.05) is 24.1 Å². The average Bonchev–Trinajstić information content (AvgIpc) is 2.42. The highest BCUT2D eigenvalue weighted by Crippen LogP contribution is 2.15. The van der Waals surface area contributed by atoms with Crippen molar-refractivity contribution in [3.05, 3.63) is 35.4 Å². The van der Waals surface area contributed by atoms with Gasteiger partial charge < -0.3 is 15.5 Å². The third-order valence-corrected chi connectivity index (χ3v) is 3.37. The Morgan fingerprint density at radius 3 is 2.48 bits per heavy atom. The SMILES string of the molecule is CC(C)(O)CCc1cccc(C(=O)NCC(C)(C)CO)c1. The molecule has 118 valence electrons. The largest absolute Gasteiger partial charge is 0.396 e. The molecule has 0 saturated carbocycles. The quantitative estimate of drug-likeness (QED) is 0.721. The maximum absolute atomic E-state index is 12.1. The number of aliphatic hydroxyl groups is 2. The van der Waals surface area contributed by atoms with Gasteiger partial charge >= 0.3 is 0 Å². The Labute approximate surface area is 127 Å². The molecule has 3 N–H and O–H groups in total. The summed E-state index contributed by atoms with van der Waals surface area (Å²) in [4.78, 5) is 12.1. The van der Waals surface area contributed by atoms with Crippen LogP contribution in [0.1, 0.15) is 50.0 Å².